The van der Waals surface area contributed by atoms with Crippen molar-refractivity contribution in [3.05, 3.63) is 63.0 Å². The number of amides is 1. The van der Waals surface area contributed by atoms with Crippen molar-refractivity contribution < 1.29 is 14.3 Å². The molecule has 0 aliphatic rings. The molecular weight excluding hydrogens is 366 g/mol. The van der Waals surface area contributed by atoms with Gasteiger partial charge in [0.2, 0.25) is 5.91 Å². The van der Waals surface area contributed by atoms with Gasteiger partial charge in [0.05, 0.1) is 24.4 Å². The number of rotatable bonds is 6. The highest BCUT2D eigenvalue weighted by Crippen LogP contribution is 2.20. The van der Waals surface area contributed by atoms with Gasteiger partial charge in [-0.3, -0.25) is 14.2 Å². The highest BCUT2D eigenvalue weighted by atomic mass is 32.1. The van der Waals surface area contributed by atoms with Crippen LogP contribution < -0.4 is 10.9 Å². The summed E-state index contributed by atoms with van der Waals surface area (Å²) in [6.45, 7) is 2.22. The molecule has 140 valence electrons. The molecule has 0 atom stereocenters. The van der Waals surface area contributed by atoms with Crippen LogP contribution in [0.5, 0.6) is 0 Å². The lowest BCUT2D eigenvalue weighted by atomic mass is 10.1. The summed E-state index contributed by atoms with van der Waals surface area (Å²) in [6.07, 6.45) is 2.25. The quantitative estimate of drug-likeness (QED) is 0.657. The molecule has 3 rings (SSSR count). The van der Waals surface area contributed by atoms with Crippen LogP contribution in [-0.4, -0.2) is 28.5 Å². The molecule has 2 aromatic heterocycles. The van der Waals surface area contributed by atoms with Gasteiger partial charge in [-0.05, 0) is 30.2 Å². The Balaban J connectivity index is 1.64. The molecule has 3 aromatic rings. The predicted octanol–water partition coefficient (Wildman–Crippen LogP) is 2.12. The molecule has 0 saturated heterocycles. The number of nitrogens with one attached hydrogen (secondary N) is 1. The zero-order valence-electron chi connectivity index (χ0n) is 15.0. The van der Waals surface area contributed by atoms with Crippen LogP contribution in [0.1, 0.15) is 27.7 Å². The summed E-state index contributed by atoms with van der Waals surface area (Å²) in [5.74, 6) is -0.700. The number of carbonyl (C=O) groups is 2. The smallest absolute Gasteiger partial charge is 0.337 e. The van der Waals surface area contributed by atoms with E-state index in [0.29, 0.717) is 22.3 Å². The molecule has 0 bridgehead atoms. The third kappa shape index (κ3) is 4.22. The van der Waals surface area contributed by atoms with E-state index in [-0.39, 0.29) is 18.0 Å². The first-order chi connectivity index (χ1) is 13.0. The third-order valence-corrected chi connectivity index (χ3v) is 5.28. The number of hydrogen-bond acceptors (Lipinski definition) is 6. The Morgan fingerprint density at radius 2 is 2.00 bits per heavy atom. The molecule has 8 heteroatoms. The number of carbonyl (C=O) groups excluding carboxylic acids is 2. The van der Waals surface area contributed by atoms with E-state index in [4.69, 9.17) is 0 Å². The van der Waals surface area contributed by atoms with Gasteiger partial charge in [-0.1, -0.05) is 19.1 Å². The van der Waals surface area contributed by atoms with Crippen molar-refractivity contribution in [1.29, 1.82) is 0 Å². The maximum absolute atomic E-state index is 12.5. The number of hydrogen-bond donors (Lipinski definition) is 1. The van der Waals surface area contributed by atoms with Gasteiger partial charge in [0.15, 0.2) is 0 Å². The van der Waals surface area contributed by atoms with E-state index >= 15 is 0 Å². The maximum Gasteiger partial charge on any atom is 0.337 e. The summed E-state index contributed by atoms with van der Waals surface area (Å²) < 4.78 is 5.95. The highest BCUT2D eigenvalue weighted by molar-refractivity contribution is 7.18. The summed E-state index contributed by atoms with van der Waals surface area (Å²) in [4.78, 5) is 42.2. The van der Waals surface area contributed by atoms with Crippen LogP contribution in [-0.2, 0) is 29.0 Å². The Kier molecular flexibility index (Phi) is 5.66. The molecule has 0 saturated carbocycles. The van der Waals surface area contributed by atoms with E-state index < -0.39 is 5.97 Å². The third-order valence-electron chi connectivity index (χ3n) is 4.10. The Hall–Kier alpha value is -3.00. The van der Waals surface area contributed by atoms with Gasteiger partial charge in [0.25, 0.3) is 5.56 Å². The minimum Gasteiger partial charge on any atom is -0.465 e. The molecule has 0 spiro atoms. The number of methoxy groups -OCH3 is 1. The van der Waals surface area contributed by atoms with Crippen molar-refractivity contribution in [3.63, 3.8) is 0 Å². The molecule has 1 aromatic carbocycles. The Morgan fingerprint density at radius 1 is 1.26 bits per heavy atom. The fourth-order valence-corrected chi connectivity index (χ4v) is 3.51. The summed E-state index contributed by atoms with van der Waals surface area (Å²) in [5.41, 5.74) is 1.07. The number of esters is 1. The zero-order valence-corrected chi connectivity index (χ0v) is 15.8. The van der Waals surface area contributed by atoms with E-state index in [0.717, 1.165) is 16.9 Å². The molecule has 2 heterocycles. The number of fused-ring (bicyclic) bond motifs is 1. The van der Waals surface area contributed by atoms with Crippen molar-refractivity contribution in [1.82, 2.24) is 14.9 Å². The fourth-order valence-electron chi connectivity index (χ4n) is 2.58. The van der Waals surface area contributed by atoms with Gasteiger partial charge in [-0.25, -0.2) is 9.78 Å². The van der Waals surface area contributed by atoms with Crippen molar-refractivity contribution in [2.24, 2.45) is 0 Å². The Morgan fingerprint density at radius 3 is 2.67 bits per heavy atom. The molecule has 1 N–H and O–H groups in total. The zero-order chi connectivity index (χ0) is 19.4. The second-order valence-electron chi connectivity index (χ2n) is 5.93. The van der Waals surface area contributed by atoms with Crippen LogP contribution in [0.2, 0.25) is 0 Å². The predicted molar refractivity (Wildman–Crippen MR) is 103 cm³/mol. The van der Waals surface area contributed by atoms with Gasteiger partial charge in [0.1, 0.15) is 11.4 Å². The average molecular weight is 385 g/mol. The molecule has 1 amide bonds. The summed E-state index contributed by atoms with van der Waals surface area (Å²) in [7, 11) is 1.32. The van der Waals surface area contributed by atoms with Gasteiger partial charge in [0, 0.05) is 11.4 Å². The monoisotopic (exact) mass is 385 g/mol. The lowest BCUT2D eigenvalue weighted by Gasteiger charge is -2.08. The van der Waals surface area contributed by atoms with Gasteiger partial charge < -0.3 is 10.1 Å². The SMILES string of the molecule is CCc1cc2c(=O)n(CC(=O)NCc3ccc(C(=O)OC)cc3)cnc2s1. The van der Waals surface area contributed by atoms with Crippen molar-refractivity contribution in [2.75, 3.05) is 7.11 Å². The van der Waals surface area contributed by atoms with Crippen molar-refractivity contribution in [2.45, 2.75) is 26.4 Å². The van der Waals surface area contributed by atoms with Crippen LogP contribution >= 0.6 is 11.3 Å². The number of thiophene rings is 1. The van der Waals surface area contributed by atoms with Crippen LogP contribution in [0.4, 0.5) is 0 Å². The van der Waals surface area contributed by atoms with Crippen LogP contribution in [0, 0.1) is 0 Å². The second-order valence-corrected chi connectivity index (χ2v) is 7.04. The lowest BCUT2D eigenvalue weighted by molar-refractivity contribution is -0.121. The summed E-state index contributed by atoms with van der Waals surface area (Å²) in [5, 5.41) is 3.31. The largest absolute Gasteiger partial charge is 0.465 e. The lowest BCUT2D eigenvalue weighted by Crippen LogP contribution is -2.32. The second kappa shape index (κ2) is 8.13. The molecule has 0 aliphatic heterocycles. The maximum atomic E-state index is 12.5. The number of ether oxygens (including phenoxy) is 1. The molecule has 7 nitrogen and oxygen atoms in total. The number of benzene rings is 1. The van der Waals surface area contributed by atoms with Gasteiger partial charge in [-0.2, -0.15) is 0 Å². The first-order valence-corrected chi connectivity index (χ1v) is 9.25. The molecule has 27 heavy (non-hydrogen) atoms. The highest BCUT2D eigenvalue weighted by Gasteiger charge is 2.11. The van der Waals surface area contributed by atoms with E-state index in [1.54, 1.807) is 24.3 Å². The van der Waals surface area contributed by atoms with Crippen molar-refractivity contribution >= 4 is 33.4 Å². The van der Waals surface area contributed by atoms with E-state index in [9.17, 15) is 14.4 Å². The van der Waals surface area contributed by atoms with E-state index in [1.165, 1.54) is 29.3 Å². The normalized spacial score (nSPS) is 10.7. The van der Waals surface area contributed by atoms with Crippen LogP contribution in [0.25, 0.3) is 10.2 Å². The van der Waals surface area contributed by atoms with Gasteiger partial charge >= 0.3 is 5.97 Å². The average Bonchev–Trinajstić information content (AvgIpc) is 3.12. The Labute approximate surface area is 159 Å². The molecule has 0 aliphatic carbocycles. The minimum absolute atomic E-state index is 0.0979. The number of nitrogens with zero attached hydrogens (tertiary/aromatic N) is 2. The molecule has 0 unspecified atom stereocenters. The minimum atomic E-state index is -0.410. The standard InChI is InChI=1S/C19H19N3O4S/c1-3-14-8-15-17(27-14)21-11-22(18(15)24)10-16(23)20-9-12-4-6-13(7-5-12)19(25)26-2/h4-8,11H,3,9-10H2,1-2H3,(H,20,23). The van der Waals surface area contributed by atoms with Crippen LogP contribution in [0.3, 0.4) is 0 Å². The first kappa shape index (κ1) is 18.8. The number of aryl methyl sites for hydroxylation is 1. The van der Waals surface area contributed by atoms with E-state index in [2.05, 4.69) is 15.0 Å². The summed E-state index contributed by atoms with van der Waals surface area (Å²) in [6, 6.07) is 8.59. The molecular formula is C19H19N3O4S. The Bertz CT molecular complexity index is 1040. The van der Waals surface area contributed by atoms with Crippen molar-refractivity contribution in [3.8, 4) is 0 Å². The molecule has 0 fully saturated rings. The topological polar surface area (TPSA) is 90.3 Å². The first-order valence-electron chi connectivity index (χ1n) is 8.43. The van der Waals surface area contributed by atoms with Gasteiger partial charge in [-0.15, -0.1) is 11.3 Å². The summed E-state index contributed by atoms with van der Waals surface area (Å²) >= 11 is 1.49. The number of aromatic nitrogens is 2. The fraction of sp³-hybridized carbons (Fsp3) is 0.263. The van der Waals surface area contributed by atoms with E-state index in [1.807, 2.05) is 13.0 Å². The van der Waals surface area contributed by atoms with Crippen LogP contribution in [0.15, 0.2) is 41.5 Å². The molecule has 0 radical (unpaired) electrons.